The molecule has 0 N–H and O–H groups in total. The van der Waals surface area contributed by atoms with Gasteiger partial charge in [0.1, 0.15) is 0 Å². The van der Waals surface area contributed by atoms with Crippen LogP contribution in [-0.2, 0) is 9.31 Å². The molecule has 1 unspecified atom stereocenters. The number of benzene rings is 1. The second kappa shape index (κ2) is 3.84. The number of hydrogen-bond donors (Lipinski definition) is 0. The van der Waals surface area contributed by atoms with Crippen LogP contribution in [0.2, 0.25) is 0 Å². The molecule has 0 amide bonds. The Kier molecular flexibility index (Phi) is 2.90. The van der Waals surface area contributed by atoms with Gasteiger partial charge >= 0.3 is 7.12 Å². The normalized spacial score (nSPS) is 22.4. The van der Waals surface area contributed by atoms with Crippen molar-refractivity contribution in [2.75, 3.05) is 0 Å². The summed E-state index contributed by atoms with van der Waals surface area (Å²) in [6.07, 6.45) is 0. The third kappa shape index (κ3) is 2.04. The van der Waals surface area contributed by atoms with Crippen molar-refractivity contribution >= 4 is 27.1 Å². The van der Waals surface area contributed by atoms with Crippen molar-refractivity contribution in [1.82, 2.24) is 0 Å². The molecule has 1 atom stereocenters. The summed E-state index contributed by atoms with van der Waals surface area (Å²) in [6, 6.07) is 8.19. The summed E-state index contributed by atoms with van der Waals surface area (Å²) in [4.78, 5) is 0. The summed E-state index contributed by atoms with van der Waals surface area (Å²) in [5.41, 5.74) is 0.541. The van der Waals surface area contributed by atoms with Crippen LogP contribution >= 0.6 is 9.24 Å². The molecule has 2 rings (SSSR count). The Bertz CT molecular complexity index is 371. The van der Waals surface area contributed by atoms with Crippen molar-refractivity contribution < 1.29 is 9.31 Å². The maximum Gasteiger partial charge on any atom is 0.494 e. The fourth-order valence-electron chi connectivity index (χ4n) is 1.63. The van der Waals surface area contributed by atoms with E-state index in [2.05, 4.69) is 36.9 Å². The highest BCUT2D eigenvalue weighted by Gasteiger charge is 2.51. The van der Waals surface area contributed by atoms with Crippen LogP contribution in [0, 0.1) is 0 Å². The molecule has 2 nitrogen and oxygen atoms in total. The fraction of sp³-hybridized carbons (Fsp3) is 0.500. The quantitative estimate of drug-likeness (QED) is 0.543. The van der Waals surface area contributed by atoms with Crippen LogP contribution < -0.4 is 10.8 Å². The van der Waals surface area contributed by atoms with Crippen molar-refractivity contribution in [2.45, 2.75) is 38.9 Å². The lowest BCUT2D eigenvalue weighted by Crippen LogP contribution is -2.41. The molecule has 1 aromatic carbocycles. The zero-order valence-electron chi connectivity index (χ0n) is 10.3. The van der Waals surface area contributed by atoms with Crippen LogP contribution in [0.5, 0.6) is 0 Å². The molecule has 1 aromatic rings. The van der Waals surface area contributed by atoms with E-state index in [4.69, 9.17) is 9.31 Å². The van der Waals surface area contributed by atoms with Crippen LogP contribution in [0.3, 0.4) is 0 Å². The van der Waals surface area contributed by atoms with E-state index in [0.29, 0.717) is 0 Å². The minimum absolute atomic E-state index is 0.254. The third-order valence-electron chi connectivity index (χ3n) is 3.46. The summed E-state index contributed by atoms with van der Waals surface area (Å²) in [5, 5.41) is 1.17. The molecule has 16 heavy (non-hydrogen) atoms. The van der Waals surface area contributed by atoms with Crippen LogP contribution in [0.4, 0.5) is 0 Å². The molecule has 0 saturated carbocycles. The third-order valence-corrected chi connectivity index (χ3v) is 3.85. The highest BCUT2D eigenvalue weighted by atomic mass is 31.0. The summed E-state index contributed by atoms with van der Waals surface area (Å²) >= 11 is 0. The van der Waals surface area contributed by atoms with Crippen molar-refractivity contribution in [3.63, 3.8) is 0 Å². The maximum atomic E-state index is 5.96. The first-order chi connectivity index (χ1) is 7.32. The molecule has 1 saturated heterocycles. The molecular weight excluding hydrogens is 218 g/mol. The summed E-state index contributed by atoms with van der Waals surface area (Å²) in [6.45, 7) is 8.27. The van der Waals surface area contributed by atoms with Gasteiger partial charge in [-0.1, -0.05) is 24.3 Å². The van der Waals surface area contributed by atoms with Crippen LogP contribution in [0.15, 0.2) is 24.3 Å². The summed E-state index contributed by atoms with van der Waals surface area (Å²) < 4.78 is 11.9. The second-order valence-corrected chi connectivity index (χ2v) is 5.92. The van der Waals surface area contributed by atoms with Gasteiger partial charge in [-0.3, -0.25) is 0 Å². The first-order valence-electron chi connectivity index (χ1n) is 5.53. The van der Waals surface area contributed by atoms with E-state index in [1.165, 1.54) is 5.30 Å². The minimum Gasteiger partial charge on any atom is -0.399 e. The van der Waals surface area contributed by atoms with Crippen molar-refractivity contribution in [1.29, 1.82) is 0 Å². The molecule has 1 fully saturated rings. The van der Waals surface area contributed by atoms with Gasteiger partial charge in [0.15, 0.2) is 0 Å². The molecule has 0 bridgehead atoms. The molecule has 86 valence electrons. The van der Waals surface area contributed by atoms with E-state index in [1.807, 2.05) is 24.3 Å². The molecule has 0 spiro atoms. The average Bonchev–Trinajstić information content (AvgIpc) is 2.37. The smallest absolute Gasteiger partial charge is 0.399 e. The van der Waals surface area contributed by atoms with E-state index in [9.17, 15) is 0 Å². The lowest BCUT2D eigenvalue weighted by Gasteiger charge is -2.32. The molecule has 0 aliphatic carbocycles. The molecule has 1 aliphatic rings. The maximum absolute atomic E-state index is 5.96. The predicted molar refractivity (Wildman–Crippen MR) is 71.5 cm³/mol. The Morgan fingerprint density at radius 2 is 1.38 bits per heavy atom. The first-order valence-corrected chi connectivity index (χ1v) is 6.11. The van der Waals surface area contributed by atoms with Crippen molar-refractivity contribution in [3.8, 4) is 0 Å². The fourth-order valence-corrected chi connectivity index (χ4v) is 1.82. The molecule has 4 heteroatoms. The molecule has 1 heterocycles. The standard InChI is InChI=1S/C12H18BO2P/c1-11(2)12(3,4)15-13(14-11)9-5-7-10(16)8-6-9/h5-8H,16H2,1-4H3. The zero-order chi connectivity index (χ0) is 12.0. The van der Waals surface area contributed by atoms with Gasteiger partial charge in [-0.25, -0.2) is 0 Å². The van der Waals surface area contributed by atoms with Crippen LogP contribution in [0.25, 0.3) is 0 Å². The highest BCUT2D eigenvalue weighted by molar-refractivity contribution is 7.27. The van der Waals surface area contributed by atoms with Crippen LogP contribution in [-0.4, -0.2) is 18.3 Å². The van der Waals surface area contributed by atoms with E-state index in [0.717, 1.165) is 5.46 Å². The lowest BCUT2D eigenvalue weighted by molar-refractivity contribution is 0.00578. The van der Waals surface area contributed by atoms with Gasteiger partial charge in [-0.2, -0.15) is 0 Å². The van der Waals surface area contributed by atoms with Gasteiger partial charge in [0.25, 0.3) is 0 Å². The predicted octanol–water partition coefficient (Wildman–Crippen LogP) is 1.49. The Morgan fingerprint density at radius 1 is 0.938 bits per heavy atom. The number of rotatable bonds is 1. The van der Waals surface area contributed by atoms with Gasteiger partial charge in [-0.15, -0.1) is 9.24 Å². The van der Waals surface area contributed by atoms with Crippen LogP contribution in [0.1, 0.15) is 27.7 Å². The SMILES string of the molecule is CC1(C)OB(c2ccc(P)cc2)OC1(C)C. The van der Waals surface area contributed by atoms with E-state index >= 15 is 0 Å². The van der Waals surface area contributed by atoms with E-state index in [1.54, 1.807) is 0 Å². The van der Waals surface area contributed by atoms with E-state index < -0.39 is 0 Å². The summed E-state index contributed by atoms with van der Waals surface area (Å²) in [7, 11) is 2.42. The number of hydrogen-bond acceptors (Lipinski definition) is 2. The summed E-state index contributed by atoms with van der Waals surface area (Å²) in [5.74, 6) is 0. The Morgan fingerprint density at radius 3 is 1.81 bits per heavy atom. The molecule has 0 aromatic heterocycles. The average molecular weight is 236 g/mol. The van der Waals surface area contributed by atoms with Crippen molar-refractivity contribution in [3.05, 3.63) is 24.3 Å². The monoisotopic (exact) mass is 236 g/mol. The van der Waals surface area contributed by atoms with Gasteiger partial charge in [0.2, 0.25) is 0 Å². The van der Waals surface area contributed by atoms with Gasteiger partial charge in [-0.05, 0) is 38.5 Å². The molecule has 0 radical (unpaired) electrons. The minimum atomic E-state index is -0.267. The Labute approximate surface area is 100 Å². The van der Waals surface area contributed by atoms with Gasteiger partial charge in [0, 0.05) is 0 Å². The highest BCUT2D eigenvalue weighted by Crippen LogP contribution is 2.36. The Balaban J connectivity index is 2.23. The first kappa shape index (κ1) is 12.1. The van der Waals surface area contributed by atoms with E-state index in [-0.39, 0.29) is 18.3 Å². The molecular formula is C12H18BO2P. The van der Waals surface area contributed by atoms with Gasteiger partial charge < -0.3 is 9.31 Å². The van der Waals surface area contributed by atoms with Gasteiger partial charge in [0.05, 0.1) is 11.2 Å². The molecule has 1 aliphatic heterocycles. The second-order valence-electron chi connectivity index (χ2n) is 5.25. The zero-order valence-corrected chi connectivity index (χ0v) is 11.4. The largest absolute Gasteiger partial charge is 0.494 e. The van der Waals surface area contributed by atoms with Crippen molar-refractivity contribution in [2.24, 2.45) is 0 Å². The Hall–Kier alpha value is -0.365. The topological polar surface area (TPSA) is 18.5 Å². The lowest BCUT2D eigenvalue weighted by atomic mass is 9.79.